The molecule has 1 aliphatic heterocycles. The van der Waals surface area contributed by atoms with E-state index in [-0.39, 0.29) is 0 Å². The van der Waals surface area contributed by atoms with Gasteiger partial charge < -0.3 is 10.2 Å². The van der Waals surface area contributed by atoms with Gasteiger partial charge in [-0.3, -0.25) is 0 Å². The summed E-state index contributed by atoms with van der Waals surface area (Å²) in [6.07, 6.45) is 2.49. The lowest BCUT2D eigenvalue weighted by molar-refractivity contribution is 0.198. The average Bonchev–Trinajstić information content (AvgIpc) is 2.42. The second kappa shape index (κ2) is 6.53. The molecule has 0 radical (unpaired) electrons. The van der Waals surface area contributed by atoms with Crippen LogP contribution < -0.4 is 5.32 Å². The summed E-state index contributed by atoms with van der Waals surface area (Å²) in [6.45, 7) is 10.6. The number of anilines is 1. The predicted octanol–water partition coefficient (Wildman–Crippen LogP) is 2.89. The Balaban J connectivity index is 1.88. The van der Waals surface area contributed by atoms with Crippen LogP contribution in [0, 0.1) is 19.8 Å². The van der Waals surface area contributed by atoms with E-state index in [2.05, 4.69) is 27.1 Å². The Morgan fingerprint density at radius 2 is 1.84 bits per heavy atom. The summed E-state index contributed by atoms with van der Waals surface area (Å²) in [6, 6.07) is 0. The number of hydrogen-bond acceptors (Lipinski definition) is 4. The van der Waals surface area contributed by atoms with Crippen LogP contribution in [0.25, 0.3) is 0 Å². The van der Waals surface area contributed by atoms with E-state index in [1.165, 1.54) is 25.9 Å². The summed E-state index contributed by atoms with van der Waals surface area (Å²) in [4.78, 5) is 11.3. The molecule has 2 heterocycles. The number of aryl methyl sites for hydroxylation is 2. The lowest BCUT2D eigenvalue weighted by Gasteiger charge is -2.31. The van der Waals surface area contributed by atoms with Crippen LogP contribution in [0.4, 0.5) is 5.82 Å². The third-order valence-corrected chi connectivity index (χ3v) is 4.24. The third-order valence-electron chi connectivity index (χ3n) is 3.98. The molecular formula is C14H23ClN4. The van der Waals surface area contributed by atoms with Gasteiger partial charge in [0.2, 0.25) is 0 Å². The summed E-state index contributed by atoms with van der Waals surface area (Å²) in [7, 11) is 0. The molecule has 0 spiro atoms. The zero-order valence-electron chi connectivity index (χ0n) is 12.0. The molecule has 1 fully saturated rings. The Morgan fingerprint density at radius 3 is 2.47 bits per heavy atom. The van der Waals surface area contributed by atoms with Gasteiger partial charge in [-0.15, -0.1) is 0 Å². The first kappa shape index (κ1) is 14.5. The fourth-order valence-electron chi connectivity index (χ4n) is 2.44. The maximum Gasteiger partial charge on any atom is 0.171 e. The minimum Gasteiger partial charge on any atom is -0.367 e. The van der Waals surface area contributed by atoms with E-state index in [0.29, 0.717) is 11.1 Å². The first-order valence-electron chi connectivity index (χ1n) is 7.07. The number of halogens is 1. The molecule has 0 bridgehead atoms. The molecule has 0 aliphatic carbocycles. The van der Waals surface area contributed by atoms with Crippen LogP contribution in [0.5, 0.6) is 0 Å². The van der Waals surface area contributed by atoms with E-state index in [0.717, 1.165) is 30.3 Å². The van der Waals surface area contributed by atoms with Crippen LogP contribution in [-0.2, 0) is 0 Å². The highest BCUT2D eigenvalue weighted by Gasteiger charge is 2.18. The highest BCUT2D eigenvalue weighted by molar-refractivity contribution is 6.31. The second-order valence-electron chi connectivity index (χ2n) is 5.29. The molecule has 1 N–H and O–H groups in total. The van der Waals surface area contributed by atoms with E-state index >= 15 is 0 Å². The van der Waals surface area contributed by atoms with Gasteiger partial charge in [0.05, 0.1) is 11.4 Å². The summed E-state index contributed by atoms with van der Waals surface area (Å²) >= 11 is 6.12. The number of likely N-dealkylation sites (tertiary alicyclic amines) is 1. The van der Waals surface area contributed by atoms with E-state index < -0.39 is 0 Å². The van der Waals surface area contributed by atoms with Gasteiger partial charge in [0, 0.05) is 6.54 Å². The van der Waals surface area contributed by atoms with E-state index in [4.69, 9.17) is 11.6 Å². The number of nitrogens with zero attached hydrogens (tertiary/aromatic N) is 3. The molecule has 1 saturated heterocycles. The quantitative estimate of drug-likeness (QED) is 0.922. The highest BCUT2D eigenvalue weighted by Crippen LogP contribution is 2.21. The lowest BCUT2D eigenvalue weighted by atomic mass is 9.97. The molecular weight excluding hydrogens is 260 g/mol. The number of piperidine rings is 1. The van der Waals surface area contributed by atoms with Crippen molar-refractivity contribution in [1.82, 2.24) is 14.9 Å². The standard InChI is InChI=1S/C14H23ClN4/c1-4-19-7-5-12(6-8-19)9-16-14-13(15)17-10(2)11(3)18-14/h12H,4-9H2,1-3H3,(H,16,18). The number of nitrogens with one attached hydrogen (secondary N) is 1. The van der Waals surface area contributed by atoms with Gasteiger partial charge >= 0.3 is 0 Å². The Bertz CT molecular complexity index is 428. The molecule has 1 aromatic heterocycles. The maximum absolute atomic E-state index is 6.12. The summed E-state index contributed by atoms with van der Waals surface area (Å²) in [5.74, 6) is 1.44. The van der Waals surface area contributed by atoms with Crippen molar-refractivity contribution < 1.29 is 0 Å². The monoisotopic (exact) mass is 282 g/mol. The van der Waals surface area contributed by atoms with Gasteiger partial charge in [-0.05, 0) is 52.2 Å². The summed E-state index contributed by atoms with van der Waals surface area (Å²) < 4.78 is 0. The van der Waals surface area contributed by atoms with Crippen molar-refractivity contribution in [2.45, 2.75) is 33.6 Å². The highest BCUT2D eigenvalue weighted by atomic mass is 35.5. The zero-order valence-corrected chi connectivity index (χ0v) is 12.8. The maximum atomic E-state index is 6.12. The largest absolute Gasteiger partial charge is 0.367 e. The van der Waals surface area contributed by atoms with Crippen molar-refractivity contribution in [3.05, 3.63) is 16.5 Å². The smallest absolute Gasteiger partial charge is 0.171 e. The van der Waals surface area contributed by atoms with Crippen molar-refractivity contribution in [3.8, 4) is 0 Å². The minimum atomic E-state index is 0.481. The Hall–Kier alpha value is -0.870. The van der Waals surface area contributed by atoms with Crippen molar-refractivity contribution >= 4 is 17.4 Å². The predicted molar refractivity (Wildman–Crippen MR) is 79.8 cm³/mol. The molecule has 0 unspecified atom stereocenters. The molecule has 5 heteroatoms. The van der Waals surface area contributed by atoms with Crippen LogP contribution >= 0.6 is 11.6 Å². The molecule has 0 atom stereocenters. The van der Waals surface area contributed by atoms with Crippen LogP contribution in [-0.4, -0.2) is 41.0 Å². The Kier molecular flexibility index (Phi) is 4.99. The zero-order chi connectivity index (χ0) is 13.8. The van der Waals surface area contributed by atoms with Gasteiger partial charge in [-0.2, -0.15) is 0 Å². The van der Waals surface area contributed by atoms with Crippen LogP contribution in [0.1, 0.15) is 31.2 Å². The van der Waals surface area contributed by atoms with Gasteiger partial charge in [0.25, 0.3) is 0 Å². The van der Waals surface area contributed by atoms with Crippen molar-refractivity contribution in [1.29, 1.82) is 0 Å². The lowest BCUT2D eigenvalue weighted by Crippen LogP contribution is -2.35. The van der Waals surface area contributed by atoms with Crippen LogP contribution in [0.3, 0.4) is 0 Å². The first-order valence-corrected chi connectivity index (χ1v) is 7.45. The van der Waals surface area contributed by atoms with Crippen molar-refractivity contribution in [2.24, 2.45) is 5.92 Å². The molecule has 0 amide bonds. The molecule has 106 valence electrons. The molecule has 1 aliphatic rings. The van der Waals surface area contributed by atoms with Crippen LogP contribution in [0.2, 0.25) is 5.15 Å². The molecule has 0 saturated carbocycles. The number of rotatable bonds is 4. The van der Waals surface area contributed by atoms with Gasteiger partial charge in [-0.25, -0.2) is 9.97 Å². The Morgan fingerprint density at radius 1 is 1.21 bits per heavy atom. The average molecular weight is 283 g/mol. The molecule has 19 heavy (non-hydrogen) atoms. The molecule has 1 aromatic rings. The summed E-state index contributed by atoms with van der Waals surface area (Å²) in [5, 5.41) is 3.84. The fraction of sp³-hybridized carbons (Fsp3) is 0.714. The van der Waals surface area contributed by atoms with E-state index in [1.807, 2.05) is 13.8 Å². The number of aromatic nitrogens is 2. The van der Waals surface area contributed by atoms with Gasteiger partial charge in [0.15, 0.2) is 11.0 Å². The normalized spacial score (nSPS) is 17.7. The van der Waals surface area contributed by atoms with Crippen molar-refractivity contribution in [3.63, 3.8) is 0 Å². The summed E-state index contributed by atoms with van der Waals surface area (Å²) in [5.41, 5.74) is 1.83. The van der Waals surface area contributed by atoms with Gasteiger partial charge in [0.1, 0.15) is 0 Å². The van der Waals surface area contributed by atoms with Crippen molar-refractivity contribution in [2.75, 3.05) is 31.5 Å². The molecule has 2 rings (SSSR count). The van der Waals surface area contributed by atoms with Gasteiger partial charge in [-0.1, -0.05) is 18.5 Å². The number of hydrogen-bond donors (Lipinski definition) is 1. The third kappa shape index (κ3) is 3.80. The van der Waals surface area contributed by atoms with E-state index in [9.17, 15) is 0 Å². The minimum absolute atomic E-state index is 0.481. The van der Waals surface area contributed by atoms with E-state index in [1.54, 1.807) is 0 Å². The SMILES string of the molecule is CCN1CCC(CNc2nc(C)c(C)nc2Cl)CC1. The Labute approximate surface area is 120 Å². The molecule has 0 aromatic carbocycles. The van der Waals surface area contributed by atoms with Crippen LogP contribution in [0.15, 0.2) is 0 Å². The fourth-order valence-corrected chi connectivity index (χ4v) is 2.67. The first-order chi connectivity index (χ1) is 9.10. The second-order valence-corrected chi connectivity index (χ2v) is 5.65. The molecule has 4 nitrogen and oxygen atoms in total. The topological polar surface area (TPSA) is 41.0 Å².